The fourth-order valence-corrected chi connectivity index (χ4v) is 1.70. The summed E-state index contributed by atoms with van der Waals surface area (Å²) in [4.78, 5) is 3.80. The lowest BCUT2D eigenvalue weighted by Crippen LogP contribution is -2.20. The van der Waals surface area contributed by atoms with Crippen LogP contribution in [0, 0.1) is 5.92 Å². The molecule has 1 aromatic heterocycles. The molecular weight excluding hydrogens is 229 g/mol. The zero-order chi connectivity index (χ0) is 13.1. The van der Waals surface area contributed by atoms with Gasteiger partial charge in [-0.2, -0.15) is 13.2 Å². The Hall–Kier alpha value is -1.10. The van der Waals surface area contributed by atoms with Gasteiger partial charge in [0.1, 0.15) is 0 Å². The lowest BCUT2D eigenvalue weighted by atomic mass is 9.95. The highest BCUT2D eigenvalue weighted by Crippen LogP contribution is 2.29. The molecular formula is C12H17F3N2. The van der Waals surface area contributed by atoms with Crippen LogP contribution in [0.2, 0.25) is 0 Å². The summed E-state index contributed by atoms with van der Waals surface area (Å²) >= 11 is 0. The maximum Gasteiger partial charge on any atom is 0.417 e. The van der Waals surface area contributed by atoms with Crippen molar-refractivity contribution in [2.45, 2.75) is 38.9 Å². The summed E-state index contributed by atoms with van der Waals surface area (Å²) in [6.07, 6.45) is -1.57. The van der Waals surface area contributed by atoms with Crippen molar-refractivity contribution in [1.29, 1.82) is 0 Å². The number of nitrogens with two attached hydrogens (primary N) is 1. The van der Waals surface area contributed by atoms with E-state index < -0.39 is 11.7 Å². The third-order valence-electron chi connectivity index (χ3n) is 2.81. The summed E-state index contributed by atoms with van der Waals surface area (Å²) in [6.45, 7) is 4.02. The molecule has 0 aromatic carbocycles. The van der Waals surface area contributed by atoms with Crippen molar-refractivity contribution in [3.8, 4) is 0 Å². The maximum atomic E-state index is 12.3. The molecule has 0 aliphatic heterocycles. The van der Waals surface area contributed by atoms with E-state index in [1.165, 1.54) is 6.07 Å². The number of aromatic nitrogens is 1. The van der Waals surface area contributed by atoms with Gasteiger partial charge >= 0.3 is 6.18 Å². The van der Waals surface area contributed by atoms with Crippen LogP contribution < -0.4 is 5.73 Å². The molecule has 5 heteroatoms. The predicted molar refractivity (Wildman–Crippen MR) is 60.2 cm³/mol. The second kappa shape index (κ2) is 5.49. The first-order valence-electron chi connectivity index (χ1n) is 5.65. The fraction of sp³-hybridized carbons (Fsp3) is 0.583. The summed E-state index contributed by atoms with van der Waals surface area (Å²) in [7, 11) is 0. The van der Waals surface area contributed by atoms with E-state index in [-0.39, 0.29) is 12.0 Å². The van der Waals surface area contributed by atoms with Crippen LogP contribution in [-0.2, 0) is 6.18 Å². The summed E-state index contributed by atoms with van der Waals surface area (Å²) in [5.41, 5.74) is 5.71. The summed E-state index contributed by atoms with van der Waals surface area (Å²) in [5, 5.41) is 0. The minimum absolute atomic E-state index is 0.212. The number of halogens is 3. The molecule has 1 aromatic rings. The SMILES string of the molecule is CCCC(C)C(N)c1ccc(C(F)(F)F)cn1. The quantitative estimate of drug-likeness (QED) is 0.882. The van der Waals surface area contributed by atoms with Crippen molar-refractivity contribution in [3.63, 3.8) is 0 Å². The fourth-order valence-electron chi connectivity index (χ4n) is 1.70. The monoisotopic (exact) mass is 246 g/mol. The van der Waals surface area contributed by atoms with Gasteiger partial charge in [-0.3, -0.25) is 4.98 Å². The Morgan fingerprint density at radius 2 is 2.00 bits per heavy atom. The second-order valence-electron chi connectivity index (χ2n) is 4.26. The van der Waals surface area contributed by atoms with E-state index in [1.807, 2.05) is 13.8 Å². The van der Waals surface area contributed by atoms with Gasteiger partial charge in [0.15, 0.2) is 0 Å². The molecule has 0 spiro atoms. The zero-order valence-electron chi connectivity index (χ0n) is 9.96. The first-order chi connectivity index (χ1) is 7.86. The van der Waals surface area contributed by atoms with E-state index in [2.05, 4.69) is 4.98 Å². The molecule has 0 radical (unpaired) electrons. The van der Waals surface area contributed by atoms with Crippen LogP contribution >= 0.6 is 0 Å². The van der Waals surface area contributed by atoms with Crippen molar-refractivity contribution in [3.05, 3.63) is 29.6 Å². The van der Waals surface area contributed by atoms with Gasteiger partial charge < -0.3 is 5.73 Å². The molecule has 0 saturated carbocycles. The van der Waals surface area contributed by atoms with Crippen LogP contribution in [0.5, 0.6) is 0 Å². The van der Waals surface area contributed by atoms with E-state index >= 15 is 0 Å². The molecule has 1 heterocycles. The van der Waals surface area contributed by atoms with E-state index in [0.29, 0.717) is 5.69 Å². The molecule has 1 rings (SSSR count). The molecule has 0 amide bonds. The average Bonchev–Trinajstić information content (AvgIpc) is 2.27. The van der Waals surface area contributed by atoms with Crippen molar-refractivity contribution in [1.82, 2.24) is 4.98 Å². The van der Waals surface area contributed by atoms with Gasteiger partial charge in [-0.1, -0.05) is 20.3 Å². The third kappa shape index (κ3) is 3.70. The van der Waals surface area contributed by atoms with Gasteiger partial charge in [-0.25, -0.2) is 0 Å². The van der Waals surface area contributed by atoms with Crippen molar-refractivity contribution < 1.29 is 13.2 Å². The largest absolute Gasteiger partial charge is 0.417 e. The maximum absolute atomic E-state index is 12.3. The van der Waals surface area contributed by atoms with Gasteiger partial charge in [0.2, 0.25) is 0 Å². The molecule has 0 bridgehead atoms. The Morgan fingerprint density at radius 1 is 1.35 bits per heavy atom. The van der Waals surface area contributed by atoms with Crippen LogP contribution in [0.25, 0.3) is 0 Å². The molecule has 2 unspecified atom stereocenters. The van der Waals surface area contributed by atoms with E-state index in [0.717, 1.165) is 25.1 Å². The smallest absolute Gasteiger partial charge is 0.322 e. The van der Waals surface area contributed by atoms with Gasteiger partial charge in [-0.15, -0.1) is 0 Å². The second-order valence-corrected chi connectivity index (χ2v) is 4.26. The van der Waals surface area contributed by atoms with Gasteiger partial charge in [0.05, 0.1) is 11.3 Å². The lowest BCUT2D eigenvalue weighted by Gasteiger charge is -2.19. The minimum Gasteiger partial charge on any atom is -0.322 e. The normalized spacial score (nSPS) is 15.6. The summed E-state index contributed by atoms with van der Waals surface area (Å²) in [5.74, 6) is 0.212. The Bertz CT molecular complexity index is 346. The summed E-state index contributed by atoms with van der Waals surface area (Å²) < 4.78 is 37.0. The van der Waals surface area contributed by atoms with Crippen LogP contribution in [0.1, 0.15) is 44.0 Å². The highest BCUT2D eigenvalue weighted by molar-refractivity contribution is 5.19. The molecule has 17 heavy (non-hydrogen) atoms. The molecule has 96 valence electrons. The van der Waals surface area contributed by atoms with E-state index in [9.17, 15) is 13.2 Å². The Kier molecular flexibility index (Phi) is 4.51. The van der Waals surface area contributed by atoms with Crippen molar-refractivity contribution in [2.75, 3.05) is 0 Å². The molecule has 0 saturated heterocycles. The predicted octanol–water partition coefficient (Wildman–Crippen LogP) is 3.54. The first-order valence-corrected chi connectivity index (χ1v) is 5.65. The highest BCUT2D eigenvalue weighted by atomic mass is 19.4. The Balaban J connectivity index is 2.80. The number of hydrogen-bond donors (Lipinski definition) is 1. The third-order valence-corrected chi connectivity index (χ3v) is 2.81. The molecule has 0 fully saturated rings. The van der Waals surface area contributed by atoms with E-state index in [1.54, 1.807) is 0 Å². The Morgan fingerprint density at radius 3 is 2.41 bits per heavy atom. The highest BCUT2D eigenvalue weighted by Gasteiger charge is 2.31. The molecule has 0 aliphatic carbocycles. The van der Waals surface area contributed by atoms with Crippen LogP contribution in [0.4, 0.5) is 13.2 Å². The number of nitrogens with zero attached hydrogens (tertiary/aromatic N) is 1. The number of alkyl halides is 3. The molecule has 2 N–H and O–H groups in total. The summed E-state index contributed by atoms with van der Waals surface area (Å²) in [6, 6.07) is 2.08. The van der Waals surface area contributed by atoms with Crippen molar-refractivity contribution in [2.24, 2.45) is 11.7 Å². The number of pyridine rings is 1. The number of rotatable bonds is 4. The van der Waals surface area contributed by atoms with Gasteiger partial charge in [-0.05, 0) is 24.5 Å². The van der Waals surface area contributed by atoms with Gasteiger partial charge in [0, 0.05) is 12.2 Å². The van der Waals surface area contributed by atoms with E-state index in [4.69, 9.17) is 5.73 Å². The standard InChI is InChI=1S/C12H17F3N2/c1-3-4-8(2)11(16)10-6-5-9(7-17-10)12(13,14)15/h5-8,11H,3-4,16H2,1-2H3. The van der Waals surface area contributed by atoms with Crippen molar-refractivity contribution >= 4 is 0 Å². The number of hydrogen-bond acceptors (Lipinski definition) is 2. The van der Waals surface area contributed by atoms with Gasteiger partial charge in [0.25, 0.3) is 0 Å². The molecule has 2 nitrogen and oxygen atoms in total. The van der Waals surface area contributed by atoms with Crippen LogP contribution in [0.3, 0.4) is 0 Å². The topological polar surface area (TPSA) is 38.9 Å². The molecule has 0 aliphatic rings. The molecule has 2 atom stereocenters. The Labute approximate surface area is 99.0 Å². The first kappa shape index (κ1) is 14.0. The minimum atomic E-state index is -4.34. The van der Waals surface area contributed by atoms with Crippen LogP contribution in [0.15, 0.2) is 18.3 Å². The average molecular weight is 246 g/mol. The lowest BCUT2D eigenvalue weighted by molar-refractivity contribution is -0.137. The van der Waals surface area contributed by atoms with Crippen LogP contribution in [-0.4, -0.2) is 4.98 Å². The zero-order valence-corrected chi connectivity index (χ0v) is 9.96.